The van der Waals surface area contributed by atoms with E-state index < -0.39 is 0 Å². The molecule has 0 aliphatic rings. The summed E-state index contributed by atoms with van der Waals surface area (Å²) in [5, 5.41) is 0.811. The predicted octanol–water partition coefficient (Wildman–Crippen LogP) is 3.68. The van der Waals surface area contributed by atoms with Crippen LogP contribution in [0.25, 0.3) is 5.57 Å². The molecule has 0 nitrogen and oxygen atoms in total. The quantitative estimate of drug-likeness (QED) is 0.597. The number of allylic oxidation sites excluding steroid dienone is 1. The van der Waals surface area contributed by atoms with Gasteiger partial charge in [0.25, 0.3) is 0 Å². The van der Waals surface area contributed by atoms with Crippen LogP contribution in [0, 0.1) is 6.92 Å². The Morgan fingerprint density at radius 2 is 2.09 bits per heavy atom. The van der Waals surface area contributed by atoms with E-state index in [4.69, 9.17) is 11.6 Å². The zero-order valence-electron chi connectivity index (χ0n) is 6.82. The Morgan fingerprint density at radius 3 is 2.55 bits per heavy atom. The van der Waals surface area contributed by atoms with E-state index in [-0.39, 0.29) is 0 Å². The highest BCUT2D eigenvalue weighted by Crippen LogP contribution is 2.23. The zero-order chi connectivity index (χ0) is 8.43. The first-order valence-corrected chi connectivity index (χ1v) is 3.91. The van der Waals surface area contributed by atoms with Gasteiger partial charge in [0.15, 0.2) is 0 Å². The second kappa shape index (κ2) is 3.10. The van der Waals surface area contributed by atoms with Crippen LogP contribution in [0.15, 0.2) is 24.8 Å². The van der Waals surface area contributed by atoms with Crippen molar-refractivity contribution in [2.24, 2.45) is 0 Å². The average Bonchev–Trinajstić information content (AvgIpc) is 1.94. The number of benzene rings is 1. The molecule has 0 atom stereocenters. The van der Waals surface area contributed by atoms with Crippen LogP contribution in [0.3, 0.4) is 0 Å². The van der Waals surface area contributed by atoms with Gasteiger partial charge < -0.3 is 0 Å². The molecular weight excluding hydrogens is 156 g/mol. The van der Waals surface area contributed by atoms with Crippen LogP contribution < -0.4 is 0 Å². The lowest BCUT2D eigenvalue weighted by Crippen LogP contribution is -1.84. The average molecular weight is 167 g/mol. The Hall–Kier alpha value is -0.750. The van der Waals surface area contributed by atoms with Crippen molar-refractivity contribution in [3.8, 4) is 0 Å². The highest BCUT2D eigenvalue weighted by atomic mass is 35.5. The summed E-state index contributed by atoms with van der Waals surface area (Å²) in [6.45, 7) is 7.86. The molecule has 0 unspecified atom stereocenters. The second-order valence-electron chi connectivity index (χ2n) is 2.69. The number of halogens is 1. The first kappa shape index (κ1) is 8.35. The molecule has 0 fully saturated rings. The summed E-state index contributed by atoms with van der Waals surface area (Å²) >= 11 is 5.92. The van der Waals surface area contributed by atoms with Crippen molar-refractivity contribution in [2.75, 3.05) is 0 Å². The van der Waals surface area contributed by atoms with Gasteiger partial charge in [-0.3, -0.25) is 0 Å². The number of rotatable bonds is 1. The van der Waals surface area contributed by atoms with Crippen LogP contribution in [0.5, 0.6) is 0 Å². The van der Waals surface area contributed by atoms with E-state index >= 15 is 0 Å². The van der Waals surface area contributed by atoms with Gasteiger partial charge in [-0.2, -0.15) is 0 Å². The van der Waals surface area contributed by atoms with Gasteiger partial charge >= 0.3 is 0 Å². The van der Waals surface area contributed by atoms with Crippen LogP contribution in [0.1, 0.15) is 18.1 Å². The SMILES string of the molecule is C=C(C)c1cccc(Cl)c1C. The van der Waals surface area contributed by atoms with Crippen molar-refractivity contribution < 1.29 is 0 Å². The lowest BCUT2D eigenvalue weighted by Gasteiger charge is -2.05. The monoisotopic (exact) mass is 166 g/mol. The molecule has 0 spiro atoms. The first-order valence-electron chi connectivity index (χ1n) is 3.54. The number of hydrogen-bond donors (Lipinski definition) is 0. The first-order chi connectivity index (χ1) is 5.13. The fraction of sp³-hybridized carbons (Fsp3) is 0.200. The second-order valence-corrected chi connectivity index (χ2v) is 3.10. The molecule has 0 heterocycles. The standard InChI is InChI=1S/C10H11Cl/c1-7(2)9-5-4-6-10(11)8(9)3/h4-6H,1H2,2-3H3. The molecule has 0 N–H and O–H groups in total. The Labute approximate surface area is 72.5 Å². The summed E-state index contributed by atoms with van der Waals surface area (Å²) < 4.78 is 0. The van der Waals surface area contributed by atoms with E-state index in [1.165, 1.54) is 0 Å². The lowest BCUT2D eigenvalue weighted by molar-refractivity contribution is 1.41. The highest BCUT2D eigenvalue weighted by Gasteiger charge is 2.00. The molecule has 0 amide bonds. The smallest absolute Gasteiger partial charge is 0.0441 e. The van der Waals surface area contributed by atoms with Crippen molar-refractivity contribution in [2.45, 2.75) is 13.8 Å². The maximum Gasteiger partial charge on any atom is 0.0441 e. The van der Waals surface area contributed by atoms with Gasteiger partial charge in [-0.25, -0.2) is 0 Å². The van der Waals surface area contributed by atoms with Crippen molar-refractivity contribution in [1.82, 2.24) is 0 Å². The molecule has 0 aliphatic carbocycles. The van der Waals surface area contributed by atoms with Crippen molar-refractivity contribution in [3.63, 3.8) is 0 Å². The minimum absolute atomic E-state index is 0.811. The third-order valence-corrected chi connectivity index (χ3v) is 2.14. The van der Waals surface area contributed by atoms with Gasteiger partial charge in [-0.05, 0) is 31.0 Å². The van der Waals surface area contributed by atoms with Crippen LogP contribution in [0.2, 0.25) is 5.02 Å². The van der Waals surface area contributed by atoms with Crippen LogP contribution in [-0.4, -0.2) is 0 Å². The van der Waals surface area contributed by atoms with Crippen LogP contribution in [0.4, 0.5) is 0 Å². The summed E-state index contributed by atoms with van der Waals surface area (Å²) in [7, 11) is 0. The summed E-state index contributed by atoms with van der Waals surface area (Å²) in [5.41, 5.74) is 3.32. The van der Waals surface area contributed by atoms with Gasteiger partial charge in [0, 0.05) is 5.02 Å². The Bertz CT molecular complexity index is 287. The van der Waals surface area contributed by atoms with Crippen molar-refractivity contribution in [3.05, 3.63) is 40.9 Å². The van der Waals surface area contributed by atoms with Crippen molar-refractivity contribution >= 4 is 17.2 Å². The van der Waals surface area contributed by atoms with Gasteiger partial charge in [0.05, 0.1) is 0 Å². The molecule has 11 heavy (non-hydrogen) atoms. The molecule has 0 radical (unpaired) electrons. The fourth-order valence-electron chi connectivity index (χ4n) is 1.07. The summed E-state index contributed by atoms with van der Waals surface area (Å²) in [5.74, 6) is 0. The maximum atomic E-state index is 5.92. The number of hydrogen-bond acceptors (Lipinski definition) is 0. The van der Waals surface area contributed by atoms with E-state index in [0.717, 1.165) is 21.7 Å². The molecule has 0 aromatic heterocycles. The normalized spacial score (nSPS) is 9.73. The largest absolute Gasteiger partial charge is 0.0955 e. The molecular formula is C10H11Cl. The Morgan fingerprint density at radius 1 is 1.45 bits per heavy atom. The van der Waals surface area contributed by atoms with E-state index in [0.29, 0.717) is 0 Å². The lowest BCUT2D eigenvalue weighted by atomic mass is 10.0. The molecule has 0 aliphatic heterocycles. The summed E-state index contributed by atoms with van der Waals surface area (Å²) in [6, 6.07) is 5.87. The molecule has 0 saturated heterocycles. The summed E-state index contributed by atoms with van der Waals surface area (Å²) in [6.07, 6.45) is 0. The third-order valence-electron chi connectivity index (χ3n) is 1.73. The molecule has 1 aromatic rings. The Kier molecular flexibility index (Phi) is 2.35. The molecule has 58 valence electrons. The van der Waals surface area contributed by atoms with E-state index in [1.54, 1.807) is 0 Å². The predicted molar refractivity (Wildman–Crippen MR) is 50.9 cm³/mol. The van der Waals surface area contributed by atoms with Crippen molar-refractivity contribution in [1.29, 1.82) is 0 Å². The van der Waals surface area contributed by atoms with E-state index in [1.807, 2.05) is 32.0 Å². The Balaban J connectivity index is 3.27. The van der Waals surface area contributed by atoms with E-state index in [9.17, 15) is 0 Å². The van der Waals surface area contributed by atoms with Gasteiger partial charge in [-0.1, -0.05) is 35.9 Å². The molecule has 0 bridgehead atoms. The highest BCUT2D eigenvalue weighted by molar-refractivity contribution is 6.31. The van der Waals surface area contributed by atoms with E-state index in [2.05, 4.69) is 6.58 Å². The van der Waals surface area contributed by atoms with Gasteiger partial charge in [0.1, 0.15) is 0 Å². The summed E-state index contributed by atoms with van der Waals surface area (Å²) in [4.78, 5) is 0. The molecule has 0 saturated carbocycles. The fourth-order valence-corrected chi connectivity index (χ4v) is 1.24. The zero-order valence-corrected chi connectivity index (χ0v) is 7.57. The molecule has 1 aromatic carbocycles. The minimum Gasteiger partial charge on any atom is -0.0955 e. The molecule has 1 heteroatoms. The van der Waals surface area contributed by atoms with Gasteiger partial charge in [0.2, 0.25) is 0 Å². The maximum absolute atomic E-state index is 5.92. The molecule has 1 rings (SSSR count). The topological polar surface area (TPSA) is 0 Å². The van der Waals surface area contributed by atoms with Gasteiger partial charge in [-0.15, -0.1) is 0 Å². The minimum atomic E-state index is 0.811. The van der Waals surface area contributed by atoms with Crippen LogP contribution >= 0.6 is 11.6 Å². The third kappa shape index (κ3) is 1.63. The van der Waals surface area contributed by atoms with Crippen LogP contribution in [-0.2, 0) is 0 Å².